The van der Waals surface area contributed by atoms with E-state index in [9.17, 15) is 15.0 Å². The van der Waals surface area contributed by atoms with E-state index in [0.29, 0.717) is 0 Å². The van der Waals surface area contributed by atoms with Gasteiger partial charge in [-0.25, -0.2) is 14.8 Å². The van der Waals surface area contributed by atoms with Crippen LogP contribution in [0, 0.1) is 0 Å². The van der Waals surface area contributed by atoms with Crippen molar-refractivity contribution < 1.29 is 19.7 Å². The highest BCUT2D eigenvalue weighted by Crippen LogP contribution is 2.22. The van der Waals surface area contributed by atoms with Crippen LogP contribution in [0.2, 0.25) is 5.28 Å². The molecule has 0 aliphatic heterocycles. The SMILES string of the molecule is CCOC(=O)C(O)C(O)c1cnc(Cl)nc1N. The van der Waals surface area contributed by atoms with Gasteiger partial charge in [0.15, 0.2) is 6.10 Å². The highest BCUT2D eigenvalue weighted by molar-refractivity contribution is 6.28. The number of hydrogen-bond acceptors (Lipinski definition) is 7. The average molecular weight is 262 g/mol. The lowest BCUT2D eigenvalue weighted by atomic mass is 10.1. The van der Waals surface area contributed by atoms with Crippen molar-refractivity contribution in [1.82, 2.24) is 9.97 Å². The van der Waals surface area contributed by atoms with Crippen LogP contribution in [0.5, 0.6) is 0 Å². The molecule has 0 saturated carbocycles. The maximum absolute atomic E-state index is 11.2. The Balaban J connectivity index is 2.88. The number of ether oxygens (including phenoxy) is 1. The zero-order chi connectivity index (χ0) is 13.0. The van der Waals surface area contributed by atoms with Gasteiger partial charge in [0.2, 0.25) is 5.28 Å². The van der Waals surface area contributed by atoms with Crippen molar-refractivity contribution in [2.75, 3.05) is 12.3 Å². The summed E-state index contributed by atoms with van der Waals surface area (Å²) in [6, 6.07) is 0. The normalized spacial score (nSPS) is 14.1. The molecule has 0 radical (unpaired) electrons. The van der Waals surface area contributed by atoms with Gasteiger partial charge in [-0.15, -0.1) is 0 Å². The summed E-state index contributed by atoms with van der Waals surface area (Å²) in [5.74, 6) is -1.06. The zero-order valence-corrected chi connectivity index (χ0v) is 9.76. The summed E-state index contributed by atoms with van der Waals surface area (Å²) < 4.78 is 4.55. The van der Waals surface area contributed by atoms with Crippen LogP contribution in [0.1, 0.15) is 18.6 Å². The molecule has 0 aliphatic rings. The summed E-state index contributed by atoms with van der Waals surface area (Å²) >= 11 is 5.48. The van der Waals surface area contributed by atoms with Gasteiger partial charge in [0, 0.05) is 11.8 Å². The maximum atomic E-state index is 11.2. The quantitative estimate of drug-likeness (QED) is 0.501. The lowest BCUT2D eigenvalue weighted by Crippen LogP contribution is -2.30. The number of nitrogens with two attached hydrogens (primary N) is 1. The number of aliphatic hydroxyl groups is 2. The fraction of sp³-hybridized carbons (Fsp3) is 0.444. The van der Waals surface area contributed by atoms with Crippen LogP contribution in [-0.4, -0.2) is 38.9 Å². The first-order chi connectivity index (χ1) is 7.97. The summed E-state index contributed by atoms with van der Waals surface area (Å²) in [6.45, 7) is 1.67. The number of hydrogen-bond donors (Lipinski definition) is 3. The Kier molecular flexibility index (Phi) is 4.62. The minimum Gasteiger partial charge on any atom is -0.464 e. The lowest BCUT2D eigenvalue weighted by Gasteiger charge is -2.17. The van der Waals surface area contributed by atoms with Crippen LogP contribution in [0.4, 0.5) is 5.82 Å². The molecule has 94 valence electrons. The van der Waals surface area contributed by atoms with Gasteiger partial charge in [-0.2, -0.15) is 0 Å². The summed E-state index contributed by atoms with van der Waals surface area (Å²) in [4.78, 5) is 18.4. The number of halogens is 1. The molecular weight excluding hydrogens is 250 g/mol. The fourth-order valence-electron chi connectivity index (χ4n) is 1.14. The number of nitrogens with zero attached hydrogens (tertiary/aromatic N) is 2. The largest absolute Gasteiger partial charge is 0.464 e. The molecule has 0 saturated heterocycles. The second kappa shape index (κ2) is 5.76. The first-order valence-electron chi connectivity index (χ1n) is 4.78. The number of aromatic nitrogens is 2. The average Bonchev–Trinajstić information content (AvgIpc) is 2.27. The molecule has 0 spiro atoms. The van der Waals surface area contributed by atoms with E-state index in [1.165, 1.54) is 0 Å². The second-order valence-corrected chi connectivity index (χ2v) is 3.46. The topological polar surface area (TPSA) is 119 Å². The van der Waals surface area contributed by atoms with E-state index in [2.05, 4.69) is 14.7 Å². The first-order valence-corrected chi connectivity index (χ1v) is 5.15. The Morgan fingerprint density at radius 3 is 2.82 bits per heavy atom. The van der Waals surface area contributed by atoms with Crippen LogP contribution in [0.15, 0.2) is 6.20 Å². The van der Waals surface area contributed by atoms with Gasteiger partial charge in [-0.1, -0.05) is 0 Å². The molecule has 0 amide bonds. The van der Waals surface area contributed by atoms with Crippen molar-refractivity contribution in [2.45, 2.75) is 19.1 Å². The molecule has 0 aliphatic carbocycles. The van der Waals surface area contributed by atoms with Gasteiger partial charge in [0.05, 0.1) is 6.61 Å². The number of carbonyl (C=O) groups is 1. The number of anilines is 1. The molecule has 8 heteroatoms. The molecule has 1 heterocycles. The van der Waals surface area contributed by atoms with Gasteiger partial charge in [-0.05, 0) is 18.5 Å². The molecular formula is C9H12ClN3O4. The third-order valence-electron chi connectivity index (χ3n) is 1.96. The molecule has 4 N–H and O–H groups in total. The Morgan fingerprint density at radius 2 is 2.29 bits per heavy atom. The van der Waals surface area contributed by atoms with Crippen LogP contribution < -0.4 is 5.73 Å². The van der Waals surface area contributed by atoms with E-state index >= 15 is 0 Å². The van der Waals surface area contributed by atoms with E-state index < -0.39 is 18.2 Å². The Bertz CT molecular complexity index is 415. The maximum Gasteiger partial charge on any atom is 0.338 e. The van der Waals surface area contributed by atoms with Gasteiger partial charge >= 0.3 is 5.97 Å². The Morgan fingerprint density at radius 1 is 1.65 bits per heavy atom. The minimum atomic E-state index is -1.75. The second-order valence-electron chi connectivity index (χ2n) is 3.12. The molecule has 2 unspecified atom stereocenters. The van der Waals surface area contributed by atoms with Crippen LogP contribution in [0.25, 0.3) is 0 Å². The van der Waals surface area contributed by atoms with Crippen molar-refractivity contribution in [3.63, 3.8) is 0 Å². The smallest absolute Gasteiger partial charge is 0.338 e. The summed E-state index contributed by atoms with van der Waals surface area (Å²) in [7, 11) is 0. The van der Waals surface area contributed by atoms with Crippen molar-refractivity contribution in [1.29, 1.82) is 0 Å². The molecule has 7 nitrogen and oxygen atoms in total. The third-order valence-corrected chi connectivity index (χ3v) is 2.15. The van der Waals surface area contributed by atoms with E-state index in [1.807, 2.05) is 0 Å². The van der Waals surface area contributed by atoms with Crippen LogP contribution in [-0.2, 0) is 9.53 Å². The van der Waals surface area contributed by atoms with Gasteiger partial charge in [0.25, 0.3) is 0 Å². The number of carbonyl (C=O) groups excluding carboxylic acids is 1. The van der Waals surface area contributed by atoms with E-state index in [-0.39, 0.29) is 23.3 Å². The number of aliphatic hydroxyl groups excluding tert-OH is 2. The van der Waals surface area contributed by atoms with Crippen molar-refractivity contribution in [3.05, 3.63) is 17.0 Å². The van der Waals surface area contributed by atoms with E-state index in [0.717, 1.165) is 6.20 Å². The van der Waals surface area contributed by atoms with Crippen molar-refractivity contribution >= 4 is 23.4 Å². The molecule has 2 atom stereocenters. The van der Waals surface area contributed by atoms with Crippen molar-refractivity contribution in [3.8, 4) is 0 Å². The monoisotopic (exact) mass is 261 g/mol. The minimum absolute atomic E-state index is 0.00922. The Hall–Kier alpha value is -1.44. The molecule has 1 aromatic heterocycles. The molecule has 0 fully saturated rings. The van der Waals surface area contributed by atoms with Crippen LogP contribution >= 0.6 is 11.6 Å². The molecule has 0 aromatic carbocycles. The number of esters is 1. The molecule has 0 bridgehead atoms. The summed E-state index contributed by atoms with van der Waals surface area (Å²) in [6.07, 6.45) is -2.18. The van der Waals surface area contributed by atoms with Gasteiger partial charge < -0.3 is 20.7 Å². The van der Waals surface area contributed by atoms with Gasteiger partial charge in [-0.3, -0.25) is 0 Å². The highest BCUT2D eigenvalue weighted by Gasteiger charge is 2.29. The van der Waals surface area contributed by atoms with Gasteiger partial charge in [0.1, 0.15) is 11.9 Å². The standard InChI is InChI=1S/C9H12ClN3O4/c1-2-17-8(16)6(15)5(14)4-3-12-9(10)13-7(4)11/h3,5-6,14-15H,2H2,1H3,(H2,11,12,13). The Labute approximate surface area is 102 Å². The number of rotatable bonds is 4. The lowest BCUT2D eigenvalue weighted by molar-refractivity contribution is -0.159. The molecule has 1 rings (SSSR count). The highest BCUT2D eigenvalue weighted by atomic mass is 35.5. The predicted octanol–water partition coefficient (Wildman–Crippen LogP) is -0.330. The molecule has 1 aromatic rings. The summed E-state index contributed by atoms with van der Waals surface area (Å²) in [5, 5.41) is 19.1. The van der Waals surface area contributed by atoms with Crippen LogP contribution in [0.3, 0.4) is 0 Å². The van der Waals surface area contributed by atoms with Crippen molar-refractivity contribution in [2.24, 2.45) is 0 Å². The zero-order valence-electron chi connectivity index (χ0n) is 9.00. The third kappa shape index (κ3) is 3.26. The molecule has 17 heavy (non-hydrogen) atoms. The number of nitrogen functional groups attached to an aromatic ring is 1. The first kappa shape index (κ1) is 13.6. The fourth-order valence-corrected chi connectivity index (χ4v) is 1.28. The van der Waals surface area contributed by atoms with E-state index in [4.69, 9.17) is 17.3 Å². The van der Waals surface area contributed by atoms with E-state index in [1.54, 1.807) is 6.92 Å². The predicted molar refractivity (Wildman–Crippen MR) is 59.1 cm³/mol. The summed E-state index contributed by atoms with van der Waals surface area (Å²) in [5.41, 5.74) is 5.48.